The number of phosphoric acid groups is 2. The number of ether oxygens (including phenoxy) is 4. The van der Waals surface area contributed by atoms with E-state index in [0.717, 1.165) is 116 Å². The molecule has 0 aromatic rings. The van der Waals surface area contributed by atoms with Gasteiger partial charge in [-0.2, -0.15) is 0 Å². The monoisotopic (exact) mass is 1340 g/mol. The van der Waals surface area contributed by atoms with E-state index >= 15 is 0 Å². The highest BCUT2D eigenvalue weighted by molar-refractivity contribution is 7.47. The van der Waals surface area contributed by atoms with Crippen LogP contribution in [0.15, 0.2) is 0 Å². The third kappa shape index (κ3) is 66.5. The summed E-state index contributed by atoms with van der Waals surface area (Å²) in [5, 5.41) is 10.6. The first-order valence-corrected chi connectivity index (χ1v) is 40.8. The molecule has 19 heteroatoms. The molecular weight excluding hydrogens is 1200 g/mol. The topological polar surface area (TPSA) is 237 Å². The van der Waals surface area contributed by atoms with E-state index in [1.54, 1.807) is 0 Å². The Morgan fingerprint density at radius 3 is 0.648 bits per heavy atom. The van der Waals surface area contributed by atoms with Crippen LogP contribution in [0.2, 0.25) is 0 Å². The van der Waals surface area contributed by atoms with Crippen molar-refractivity contribution in [2.45, 2.75) is 399 Å². The van der Waals surface area contributed by atoms with Gasteiger partial charge in [-0.15, -0.1) is 0 Å². The molecular formula is C72H140O17P2. The summed E-state index contributed by atoms with van der Waals surface area (Å²) < 4.78 is 68.1. The van der Waals surface area contributed by atoms with Gasteiger partial charge in [0.2, 0.25) is 0 Å². The normalized spacial score (nSPS) is 14.0. The molecule has 3 N–H and O–H groups in total. The van der Waals surface area contributed by atoms with Gasteiger partial charge in [0.15, 0.2) is 12.2 Å². The number of hydrogen-bond acceptors (Lipinski definition) is 15. The fourth-order valence-corrected chi connectivity index (χ4v) is 12.6. The summed E-state index contributed by atoms with van der Waals surface area (Å²) in [5.74, 6) is -2.13. The highest BCUT2D eigenvalue weighted by atomic mass is 31.2. The van der Waals surface area contributed by atoms with Crippen LogP contribution in [0.3, 0.4) is 0 Å². The van der Waals surface area contributed by atoms with Gasteiger partial charge in [-0.1, -0.05) is 329 Å². The van der Waals surface area contributed by atoms with Gasteiger partial charge in [-0.3, -0.25) is 37.3 Å². The van der Waals surface area contributed by atoms with E-state index in [4.69, 9.17) is 37.0 Å². The number of aliphatic hydroxyl groups is 1. The number of phosphoric ester groups is 2. The molecule has 0 aromatic heterocycles. The lowest BCUT2D eigenvalue weighted by molar-refractivity contribution is -0.161. The Labute approximate surface area is 556 Å². The van der Waals surface area contributed by atoms with Crippen molar-refractivity contribution in [2.75, 3.05) is 39.6 Å². The van der Waals surface area contributed by atoms with Crippen LogP contribution >= 0.6 is 15.6 Å². The molecule has 0 fully saturated rings. The van der Waals surface area contributed by atoms with Crippen molar-refractivity contribution in [3.8, 4) is 0 Å². The van der Waals surface area contributed by atoms with Gasteiger partial charge in [-0.25, -0.2) is 9.13 Å². The fraction of sp³-hybridized carbons (Fsp3) is 0.944. The molecule has 0 heterocycles. The number of hydrogen-bond donors (Lipinski definition) is 3. The Morgan fingerprint density at radius 1 is 0.264 bits per heavy atom. The summed E-state index contributed by atoms with van der Waals surface area (Å²) in [6.07, 6.45) is 56.0. The van der Waals surface area contributed by atoms with Crippen LogP contribution in [0.4, 0.5) is 0 Å². The number of carbonyl (C=O) groups excluding carboxylic acids is 4. The molecule has 0 saturated heterocycles. The second kappa shape index (κ2) is 66.7. The smallest absolute Gasteiger partial charge is 0.462 e. The zero-order valence-corrected chi connectivity index (χ0v) is 60.6. The van der Waals surface area contributed by atoms with Crippen molar-refractivity contribution in [2.24, 2.45) is 0 Å². The second-order valence-corrected chi connectivity index (χ2v) is 28.9. The van der Waals surface area contributed by atoms with Crippen LogP contribution in [0, 0.1) is 0 Å². The van der Waals surface area contributed by atoms with Crippen LogP contribution in [0.5, 0.6) is 0 Å². The minimum atomic E-state index is -4.95. The van der Waals surface area contributed by atoms with Gasteiger partial charge in [-0.05, 0) is 25.7 Å². The molecule has 0 rings (SSSR count). The lowest BCUT2D eigenvalue weighted by Crippen LogP contribution is -2.30. The van der Waals surface area contributed by atoms with E-state index in [9.17, 15) is 43.2 Å². The highest BCUT2D eigenvalue weighted by Crippen LogP contribution is 2.45. The van der Waals surface area contributed by atoms with Crippen molar-refractivity contribution in [3.63, 3.8) is 0 Å². The van der Waals surface area contributed by atoms with E-state index in [1.165, 1.54) is 186 Å². The molecule has 0 radical (unpaired) electrons. The van der Waals surface area contributed by atoms with Gasteiger partial charge in [0.25, 0.3) is 0 Å². The van der Waals surface area contributed by atoms with Crippen LogP contribution in [0.1, 0.15) is 381 Å². The van der Waals surface area contributed by atoms with E-state index in [-0.39, 0.29) is 25.7 Å². The lowest BCUT2D eigenvalue weighted by Gasteiger charge is -2.21. The maximum atomic E-state index is 13.1. The van der Waals surface area contributed by atoms with Gasteiger partial charge in [0.05, 0.1) is 26.4 Å². The average molecular weight is 1340 g/mol. The van der Waals surface area contributed by atoms with Gasteiger partial charge < -0.3 is 33.8 Å². The number of unbranched alkanes of at least 4 members (excludes halogenated alkanes) is 47. The molecule has 0 spiro atoms. The second-order valence-electron chi connectivity index (χ2n) is 26.0. The quantitative estimate of drug-likeness (QED) is 0.0222. The van der Waals surface area contributed by atoms with Crippen LogP contribution in [-0.2, 0) is 65.4 Å². The van der Waals surface area contributed by atoms with Crippen molar-refractivity contribution >= 4 is 39.5 Å². The first-order valence-electron chi connectivity index (χ1n) is 37.8. The number of carbonyl (C=O) groups is 4. The van der Waals surface area contributed by atoms with Gasteiger partial charge in [0.1, 0.15) is 19.3 Å². The molecule has 17 nitrogen and oxygen atoms in total. The van der Waals surface area contributed by atoms with E-state index < -0.39 is 97.5 Å². The van der Waals surface area contributed by atoms with Gasteiger partial charge >= 0.3 is 39.5 Å². The fourth-order valence-electron chi connectivity index (χ4n) is 11.0. The Morgan fingerprint density at radius 2 is 0.440 bits per heavy atom. The SMILES string of the molecule is CCCCCCCCCCCCCCCCCCCCCCCCC(=O)O[C@H](COC(=O)CCCCCCCCCCCCCCCCC)COP(=O)(O)OC[C@@H](O)COP(=O)(O)OC[C@@H](COC(=O)CCCCCCCCC)OC(=O)CCCCCCCCC. The Hall–Kier alpha value is -1.94. The highest BCUT2D eigenvalue weighted by Gasteiger charge is 2.30. The molecule has 0 aliphatic carbocycles. The first-order chi connectivity index (χ1) is 44.2. The summed E-state index contributed by atoms with van der Waals surface area (Å²) >= 11 is 0. The molecule has 2 unspecified atom stereocenters. The third-order valence-corrected chi connectivity index (χ3v) is 18.8. The summed E-state index contributed by atoms with van der Waals surface area (Å²) in [7, 11) is -9.89. The molecule has 0 saturated carbocycles. The minimum Gasteiger partial charge on any atom is -0.462 e. The lowest BCUT2D eigenvalue weighted by atomic mass is 10.0. The molecule has 5 atom stereocenters. The maximum absolute atomic E-state index is 13.1. The molecule has 0 bridgehead atoms. The predicted octanol–water partition coefficient (Wildman–Crippen LogP) is 21.1. The van der Waals surface area contributed by atoms with Crippen LogP contribution in [0.25, 0.3) is 0 Å². The number of rotatable bonds is 73. The Bertz CT molecular complexity index is 1740. The minimum absolute atomic E-state index is 0.104. The largest absolute Gasteiger partial charge is 0.472 e. The summed E-state index contributed by atoms with van der Waals surface area (Å²) in [6, 6.07) is 0. The Balaban J connectivity index is 5.09. The van der Waals surface area contributed by atoms with Crippen molar-refractivity contribution < 1.29 is 80.2 Å². The van der Waals surface area contributed by atoms with Crippen molar-refractivity contribution in [1.29, 1.82) is 0 Å². The Kier molecular flexibility index (Phi) is 65.2. The summed E-state index contributed by atoms with van der Waals surface area (Å²) in [6.45, 7) is 4.87. The average Bonchev–Trinajstić information content (AvgIpc) is 3.73. The third-order valence-electron chi connectivity index (χ3n) is 16.9. The van der Waals surface area contributed by atoms with Crippen molar-refractivity contribution in [1.82, 2.24) is 0 Å². The van der Waals surface area contributed by atoms with E-state index in [1.807, 2.05) is 0 Å². The molecule has 0 aliphatic rings. The molecule has 91 heavy (non-hydrogen) atoms. The van der Waals surface area contributed by atoms with Crippen LogP contribution < -0.4 is 0 Å². The summed E-state index contributed by atoms with van der Waals surface area (Å²) in [4.78, 5) is 72.3. The molecule has 0 amide bonds. The van der Waals surface area contributed by atoms with Crippen LogP contribution in [-0.4, -0.2) is 96.7 Å². The maximum Gasteiger partial charge on any atom is 0.472 e. The number of aliphatic hydroxyl groups excluding tert-OH is 1. The zero-order valence-electron chi connectivity index (χ0n) is 58.8. The van der Waals surface area contributed by atoms with E-state index in [2.05, 4.69) is 27.7 Å². The first kappa shape index (κ1) is 89.1. The molecule has 540 valence electrons. The van der Waals surface area contributed by atoms with E-state index in [0.29, 0.717) is 25.7 Å². The predicted molar refractivity (Wildman–Crippen MR) is 368 cm³/mol. The van der Waals surface area contributed by atoms with Gasteiger partial charge in [0, 0.05) is 25.7 Å². The molecule has 0 aromatic carbocycles. The number of esters is 4. The standard InChI is InChI=1S/C72H140O17P2/c1-5-9-13-17-21-23-25-27-29-30-31-32-33-34-35-37-39-41-43-47-51-55-59-72(77)89-68(63-83-70(75)57-53-49-46-42-40-38-36-28-26-24-22-18-14-10-6-2)65-87-91(80,81)85-61-66(73)60-84-90(78,79)86-64-67(88-71(76)58-54-50-45-20-16-12-8-4)62-82-69(74)56-52-48-44-19-15-11-7-3/h66-68,73H,5-65H2,1-4H3,(H,78,79)(H,80,81)/t66-,67+,68+/m0/s1. The van der Waals surface area contributed by atoms with Crippen molar-refractivity contribution in [3.05, 3.63) is 0 Å². The zero-order chi connectivity index (χ0) is 66.8. The molecule has 0 aliphatic heterocycles. The summed E-state index contributed by atoms with van der Waals surface area (Å²) in [5.41, 5.74) is 0.